The minimum absolute atomic E-state index is 0.297. The van der Waals surface area contributed by atoms with Crippen molar-refractivity contribution in [1.82, 2.24) is 4.90 Å². The number of rotatable bonds is 6. The van der Waals surface area contributed by atoms with E-state index in [9.17, 15) is 14.4 Å². The standard InChI is InChI=1S/C23H31N3O4/c24-23(29)19-6-5-15-26(16-19)21(27)17-30-22(28)12-9-18-7-10-20(11-8-18)25-13-3-1-2-4-14-25/h7-12,19H,1-6,13-17H2,(H2,24,29)/b12-9+/t19-/m1/s1. The van der Waals surface area contributed by atoms with Gasteiger partial charge in [-0.05, 0) is 49.5 Å². The van der Waals surface area contributed by atoms with Crippen LogP contribution in [0.1, 0.15) is 44.1 Å². The number of esters is 1. The normalized spacial score (nSPS) is 20.1. The molecule has 1 atom stereocenters. The van der Waals surface area contributed by atoms with Crippen LogP contribution in [0.5, 0.6) is 0 Å². The van der Waals surface area contributed by atoms with Crippen molar-refractivity contribution in [2.24, 2.45) is 11.7 Å². The molecule has 0 radical (unpaired) electrons. The Labute approximate surface area is 177 Å². The van der Waals surface area contributed by atoms with E-state index in [2.05, 4.69) is 17.0 Å². The van der Waals surface area contributed by atoms with E-state index < -0.39 is 11.9 Å². The number of likely N-dealkylation sites (tertiary alicyclic amines) is 1. The number of anilines is 1. The van der Waals surface area contributed by atoms with E-state index in [0.717, 1.165) is 25.1 Å². The molecule has 2 N–H and O–H groups in total. The van der Waals surface area contributed by atoms with Crippen LogP contribution in [0.2, 0.25) is 0 Å². The molecule has 2 heterocycles. The molecule has 3 rings (SSSR count). The Morgan fingerprint density at radius 2 is 1.70 bits per heavy atom. The van der Waals surface area contributed by atoms with E-state index in [-0.39, 0.29) is 18.4 Å². The zero-order chi connectivity index (χ0) is 21.3. The molecule has 2 saturated heterocycles. The number of carbonyl (C=O) groups is 3. The lowest BCUT2D eigenvalue weighted by Crippen LogP contribution is -2.45. The highest BCUT2D eigenvalue weighted by Crippen LogP contribution is 2.20. The largest absolute Gasteiger partial charge is 0.452 e. The molecule has 0 unspecified atom stereocenters. The lowest BCUT2D eigenvalue weighted by Gasteiger charge is -2.30. The van der Waals surface area contributed by atoms with Crippen LogP contribution in [0.4, 0.5) is 5.69 Å². The maximum atomic E-state index is 12.2. The van der Waals surface area contributed by atoms with Gasteiger partial charge in [-0.1, -0.05) is 25.0 Å². The zero-order valence-electron chi connectivity index (χ0n) is 17.4. The molecule has 2 aliphatic heterocycles. The molecule has 0 aromatic heterocycles. The molecule has 162 valence electrons. The number of hydrogen-bond donors (Lipinski definition) is 1. The van der Waals surface area contributed by atoms with Crippen molar-refractivity contribution in [3.8, 4) is 0 Å². The smallest absolute Gasteiger partial charge is 0.331 e. The van der Waals surface area contributed by atoms with Crippen molar-refractivity contribution in [1.29, 1.82) is 0 Å². The van der Waals surface area contributed by atoms with E-state index in [0.29, 0.717) is 19.5 Å². The first kappa shape index (κ1) is 21.9. The Morgan fingerprint density at radius 1 is 1.00 bits per heavy atom. The van der Waals surface area contributed by atoms with E-state index in [1.165, 1.54) is 42.3 Å². The van der Waals surface area contributed by atoms with Gasteiger partial charge in [0.1, 0.15) is 0 Å². The second-order valence-electron chi connectivity index (χ2n) is 8.02. The van der Waals surface area contributed by atoms with Gasteiger partial charge in [0.2, 0.25) is 5.91 Å². The van der Waals surface area contributed by atoms with E-state index in [4.69, 9.17) is 10.5 Å². The topological polar surface area (TPSA) is 92.9 Å². The number of benzene rings is 1. The van der Waals surface area contributed by atoms with Gasteiger partial charge in [-0.3, -0.25) is 9.59 Å². The highest BCUT2D eigenvalue weighted by molar-refractivity contribution is 5.89. The Balaban J connectivity index is 1.45. The molecule has 0 bridgehead atoms. The second kappa shape index (κ2) is 10.8. The zero-order valence-corrected chi connectivity index (χ0v) is 17.4. The Morgan fingerprint density at radius 3 is 2.37 bits per heavy atom. The van der Waals surface area contributed by atoms with Crippen molar-refractivity contribution < 1.29 is 19.1 Å². The first-order valence-electron chi connectivity index (χ1n) is 10.8. The highest BCUT2D eigenvalue weighted by atomic mass is 16.5. The van der Waals surface area contributed by atoms with E-state index in [1.807, 2.05) is 12.1 Å². The molecule has 0 aliphatic carbocycles. The summed E-state index contributed by atoms with van der Waals surface area (Å²) in [6.45, 7) is 2.70. The number of hydrogen-bond acceptors (Lipinski definition) is 5. The van der Waals surface area contributed by atoms with Gasteiger partial charge in [0.25, 0.3) is 5.91 Å². The summed E-state index contributed by atoms with van der Waals surface area (Å²) in [6, 6.07) is 8.11. The van der Waals surface area contributed by atoms with Gasteiger partial charge < -0.3 is 20.3 Å². The minimum Gasteiger partial charge on any atom is -0.452 e. The quantitative estimate of drug-likeness (QED) is 0.571. The maximum absolute atomic E-state index is 12.2. The Hall–Kier alpha value is -2.83. The molecular formula is C23H31N3O4. The number of amides is 2. The molecule has 30 heavy (non-hydrogen) atoms. The summed E-state index contributed by atoms with van der Waals surface area (Å²) in [5.41, 5.74) is 7.44. The number of carbonyl (C=O) groups excluding carboxylic acids is 3. The fourth-order valence-corrected chi connectivity index (χ4v) is 4.00. The number of ether oxygens (including phenoxy) is 1. The molecule has 2 aliphatic rings. The fourth-order valence-electron chi connectivity index (χ4n) is 4.00. The molecule has 1 aromatic rings. The number of nitrogens with zero attached hydrogens (tertiary/aromatic N) is 2. The minimum atomic E-state index is -0.566. The van der Waals surface area contributed by atoms with Gasteiger partial charge in [0.15, 0.2) is 6.61 Å². The lowest BCUT2D eigenvalue weighted by atomic mass is 9.97. The van der Waals surface area contributed by atoms with Crippen LogP contribution in [0.3, 0.4) is 0 Å². The molecule has 2 fully saturated rings. The van der Waals surface area contributed by atoms with Crippen LogP contribution in [-0.2, 0) is 19.1 Å². The van der Waals surface area contributed by atoms with Gasteiger partial charge in [-0.2, -0.15) is 0 Å². The van der Waals surface area contributed by atoms with Crippen LogP contribution >= 0.6 is 0 Å². The SMILES string of the molecule is NC(=O)[C@@H]1CCCN(C(=O)COC(=O)/C=C/c2ccc(N3CCCCCC3)cc2)C1. The van der Waals surface area contributed by atoms with Crippen molar-refractivity contribution in [2.45, 2.75) is 38.5 Å². The third-order valence-corrected chi connectivity index (χ3v) is 5.79. The molecule has 7 nitrogen and oxygen atoms in total. The van der Waals surface area contributed by atoms with E-state index in [1.54, 1.807) is 6.08 Å². The summed E-state index contributed by atoms with van der Waals surface area (Å²) < 4.78 is 5.07. The number of piperidine rings is 1. The fraction of sp³-hybridized carbons (Fsp3) is 0.522. The number of primary amides is 1. The monoisotopic (exact) mass is 413 g/mol. The third-order valence-electron chi connectivity index (χ3n) is 5.79. The average molecular weight is 414 g/mol. The van der Waals surface area contributed by atoms with Crippen LogP contribution in [0.25, 0.3) is 6.08 Å². The molecule has 0 saturated carbocycles. The highest BCUT2D eigenvalue weighted by Gasteiger charge is 2.27. The van der Waals surface area contributed by atoms with Gasteiger partial charge >= 0.3 is 5.97 Å². The lowest BCUT2D eigenvalue weighted by molar-refractivity contribution is -0.149. The molecule has 0 spiro atoms. The van der Waals surface area contributed by atoms with E-state index >= 15 is 0 Å². The van der Waals surface area contributed by atoms with Crippen LogP contribution in [0, 0.1) is 5.92 Å². The molecule has 7 heteroatoms. The van der Waals surface area contributed by atoms with Gasteiger partial charge in [0.05, 0.1) is 5.92 Å². The maximum Gasteiger partial charge on any atom is 0.331 e. The van der Waals surface area contributed by atoms with Crippen molar-refractivity contribution in [3.05, 3.63) is 35.9 Å². The third kappa shape index (κ3) is 6.34. The molecule has 2 amide bonds. The summed E-state index contributed by atoms with van der Waals surface area (Å²) in [5.74, 6) is -1.59. The molecule has 1 aromatic carbocycles. The first-order chi connectivity index (χ1) is 14.5. The summed E-state index contributed by atoms with van der Waals surface area (Å²) in [7, 11) is 0. The predicted octanol–water partition coefficient (Wildman–Crippen LogP) is 2.35. The van der Waals surface area contributed by atoms with Gasteiger partial charge in [0, 0.05) is 37.9 Å². The van der Waals surface area contributed by atoms with Crippen molar-refractivity contribution in [2.75, 3.05) is 37.7 Å². The average Bonchev–Trinajstić information content (AvgIpc) is 3.06. The van der Waals surface area contributed by atoms with Crippen molar-refractivity contribution >= 4 is 29.5 Å². The summed E-state index contributed by atoms with van der Waals surface area (Å²) in [4.78, 5) is 39.5. The predicted molar refractivity (Wildman–Crippen MR) is 116 cm³/mol. The van der Waals surface area contributed by atoms with Crippen LogP contribution < -0.4 is 10.6 Å². The number of nitrogens with two attached hydrogens (primary N) is 1. The Bertz CT molecular complexity index is 767. The summed E-state index contributed by atoms with van der Waals surface area (Å²) in [5, 5.41) is 0. The molecular weight excluding hydrogens is 382 g/mol. The van der Waals surface area contributed by atoms with Gasteiger partial charge in [-0.25, -0.2) is 4.79 Å². The van der Waals surface area contributed by atoms with Crippen LogP contribution in [-0.4, -0.2) is 55.5 Å². The second-order valence-corrected chi connectivity index (χ2v) is 8.02. The van der Waals surface area contributed by atoms with Gasteiger partial charge in [-0.15, -0.1) is 0 Å². The van der Waals surface area contributed by atoms with Crippen LogP contribution in [0.15, 0.2) is 30.3 Å². The Kier molecular flexibility index (Phi) is 7.88. The first-order valence-corrected chi connectivity index (χ1v) is 10.8. The summed E-state index contributed by atoms with van der Waals surface area (Å²) in [6.07, 6.45) is 9.48. The van der Waals surface area contributed by atoms with Crippen molar-refractivity contribution in [3.63, 3.8) is 0 Å². The summed E-state index contributed by atoms with van der Waals surface area (Å²) >= 11 is 0.